The number of anilines is 3. The summed E-state index contributed by atoms with van der Waals surface area (Å²) < 4.78 is 16.6. The van der Waals surface area contributed by atoms with Crippen LogP contribution < -0.4 is 37.9 Å². The van der Waals surface area contributed by atoms with Gasteiger partial charge in [0.25, 0.3) is 5.56 Å². The Hall–Kier alpha value is -16.0. The van der Waals surface area contributed by atoms with Crippen molar-refractivity contribution in [3.05, 3.63) is 375 Å². The highest BCUT2D eigenvalue weighted by atomic mass is 16.6. The van der Waals surface area contributed by atoms with E-state index in [1.54, 1.807) is 164 Å². The van der Waals surface area contributed by atoms with Crippen molar-refractivity contribution in [2.75, 3.05) is 10.6 Å². The Balaban J connectivity index is 0. The van der Waals surface area contributed by atoms with Crippen molar-refractivity contribution in [2.45, 2.75) is 204 Å². The summed E-state index contributed by atoms with van der Waals surface area (Å²) >= 11 is 0. The van der Waals surface area contributed by atoms with Crippen LogP contribution in [0.4, 0.5) is 33.4 Å². The van der Waals surface area contributed by atoms with Crippen molar-refractivity contribution < 1.29 is 38.5 Å². The maximum absolute atomic E-state index is 11.9. The third-order valence-corrected chi connectivity index (χ3v) is 17.0. The number of nitriles is 1. The van der Waals surface area contributed by atoms with Crippen molar-refractivity contribution in [3.8, 4) is 57.5 Å². The van der Waals surface area contributed by atoms with Crippen LogP contribution in [0.5, 0.6) is 23.0 Å². The maximum Gasteiger partial charge on any atom is 0.441 e. The summed E-state index contributed by atoms with van der Waals surface area (Å²) in [6.07, 6.45) is 7.10. The minimum absolute atomic E-state index is 0.0486. The van der Waals surface area contributed by atoms with Gasteiger partial charge in [-0.15, -0.1) is 0 Å². The Morgan fingerprint density at radius 1 is 0.467 bits per heavy atom. The molecular formula is C114H142N12O11. The normalized spacial score (nSPS) is 9.65. The number of benzene rings is 12. The van der Waals surface area contributed by atoms with Gasteiger partial charge in [0.1, 0.15) is 51.6 Å². The minimum atomic E-state index is -0.621. The lowest BCUT2D eigenvalue weighted by Crippen LogP contribution is -2.30. The van der Waals surface area contributed by atoms with Crippen molar-refractivity contribution in [2.24, 2.45) is 4.99 Å². The van der Waals surface area contributed by atoms with E-state index in [-0.39, 0.29) is 34.0 Å². The average molecular weight is 1860 g/mol. The van der Waals surface area contributed by atoms with E-state index in [0.717, 1.165) is 27.7 Å². The fraction of sp³-hybridized carbons (Fsp3) is 0.263. The Morgan fingerprint density at radius 2 is 0.891 bits per heavy atom. The monoisotopic (exact) mass is 1860 g/mol. The molecule has 1 fully saturated rings. The van der Waals surface area contributed by atoms with Crippen molar-refractivity contribution >= 4 is 84.5 Å². The van der Waals surface area contributed by atoms with Gasteiger partial charge in [-0.05, 0) is 146 Å². The van der Waals surface area contributed by atoms with Gasteiger partial charge in [0.05, 0.1) is 67.5 Å². The second-order valence-corrected chi connectivity index (χ2v) is 24.6. The molecule has 0 radical (unpaired) electrons. The standard InChI is InChI=1S/C20H20N2O.4C14H10N2O2.2C7H5NO.12C2H6/c23-18-13-7-5-11-16(18)20-21-17-12-6-4-10-15(17)19(22-20)14-8-2-1-3-9-14;17-12-8-4-2-6-10(12)13-15-11-7-3-1-5-9(11)14(18)16-13;15-13-11-8-4-5-9-12(11)18-14(17)16(13)10-6-2-1-3-7-10;17-14-16-13(15-10-6-2-1-3-7-10)11-8-4-5-9-12(11)18-14;15-10-11-6-4-5-9-13(11)18-14(17)16-12-7-2-1-3-8-12;1-8-6-4-2-3-5-7(6)9;9-6-8-7-4-2-1-3-5-7;12*1-2/h4-7,10-14,23H,1-3,8-9H2;1-8,17H,(H,15,16,18);1-9,15H;1-9H,(H,15,16,17);1-9H,(H,16,17);2-5,9H;1-5H;12*1-2H3. The molecule has 0 saturated heterocycles. The lowest BCUT2D eigenvalue weighted by atomic mass is 9.85. The van der Waals surface area contributed by atoms with Gasteiger partial charge in [-0.1, -0.05) is 367 Å². The van der Waals surface area contributed by atoms with Crippen molar-refractivity contribution in [3.63, 3.8) is 0 Å². The number of carbonyl (C=O) groups excluding carboxylic acids is 2. The van der Waals surface area contributed by atoms with E-state index in [1.165, 1.54) is 48.8 Å². The van der Waals surface area contributed by atoms with Gasteiger partial charge in [0.15, 0.2) is 11.6 Å². The number of aromatic amines is 1. The fourth-order valence-corrected chi connectivity index (χ4v) is 11.7. The van der Waals surface area contributed by atoms with Crippen molar-refractivity contribution in [1.82, 2.24) is 29.5 Å². The van der Waals surface area contributed by atoms with E-state index < -0.39 is 17.6 Å². The number of nitrogens with zero attached hydrogens (tertiary/aromatic N) is 8. The number of aliphatic imine (C=N–C) groups is 1. The molecule has 0 bridgehead atoms. The molecule has 137 heavy (non-hydrogen) atoms. The maximum atomic E-state index is 11.9. The number of H-pyrrole nitrogens is 1. The van der Waals surface area contributed by atoms with Gasteiger partial charge in [-0.2, -0.15) is 15.2 Å². The number of nitrogens with one attached hydrogen (secondary N) is 4. The van der Waals surface area contributed by atoms with E-state index in [9.17, 15) is 34.2 Å². The first-order valence-electron chi connectivity index (χ1n) is 47.4. The first-order chi connectivity index (χ1) is 67.2. The SMILES string of the molecule is CC.CC.CC.CC.CC.CC.CC.CC.CC.CC.CC.CC.N#Cc1ccccc1OC(=O)Nc1ccccc1.N=c1c2ccccc2oc(=O)n1-c1ccccc1.O=C=Nc1ccccc1.O=c1[nH]c(-c2ccccc2O)nc2ccccc12.O=c1nc(Nc2ccccc2)c2ccccc2o1.Oc1ccccc1-c1nc(C2CCCCC2)c2ccccc2n1.[C-]#[N+]c1ccccc1O. The van der Waals surface area contributed by atoms with E-state index >= 15 is 0 Å². The van der Waals surface area contributed by atoms with Gasteiger partial charge in [0.2, 0.25) is 11.8 Å². The number of isocyanates is 1. The molecule has 1 aliphatic rings. The van der Waals surface area contributed by atoms with Gasteiger partial charge >= 0.3 is 17.6 Å². The fourth-order valence-electron chi connectivity index (χ4n) is 11.7. The Morgan fingerprint density at radius 3 is 1.40 bits per heavy atom. The molecule has 16 aromatic rings. The number of aromatic hydroxyl groups is 3. The summed E-state index contributed by atoms with van der Waals surface area (Å²) in [4.78, 5) is 83.4. The molecule has 23 heteroatoms. The molecule has 1 amide bonds. The highest BCUT2D eigenvalue weighted by Gasteiger charge is 2.22. The molecule has 7 N–H and O–H groups in total. The minimum Gasteiger partial charge on any atom is -0.519 e. The summed E-state index contributed by atoms with van der Waals surface area (Å²) in [5.74, 6) is 1.47. The van der Waals surface area contributed by atoms with Crippen LogP contribution in [-0.2, 0) is 4.79 Å². The van der Waals surface area contributed by atoms with Crippen LogP contribution in [0.3, 0.4) is 0 Å². The number of rotatable bonds is 9. The number of carbonyl (C=O) groups is 1. The molecule has 4 heterocycles. The smallest absolute Gasteiger partial charge is 0.441 e. The lowest BCUT2D eigenvalue weighted by molar-refractivity contribution is 0.215. The molecule has 724 valence electrons. The number of aromatic nitrogens is 6. The predicted octanol–water partition coefficient (Wildman–Crippen LogP) is 31.4. The molecule has 17 rings (SSSR count). The molecular weight excluding hydrogens is 1710 g/mol. The number of phenolic OH excluding ortho intramolecular Hbond substituents is 3. The van der Waals surface area contributed by atoms with Crippen LogP contribution in [0.25, 0.3) is 77.1 Å². The number of ether oxygens (including phenoxy) is 1. The number of para-hydroxylation sites is 13. The first-order valence-corrected chi connectivity index (χ1v) is 47.4. The van der Waals surface area contributed by atoms with Crippen LogP contribution in [-0.4, -0.2) is 57.0 Å². The summed E-state index contributed by atoms with van der Waals surface area (Å²) in [5.41, 5.74) is 8.22. The zero-order valence-electron chi connectivity index (χ0n) is 84.3. The van der Waals surface area contributed by atoms with E-state index in [4.69, 9.17) is 45.9 Å². The number of hydrogen-bond acceptors (Lipinski definition) is 19. The zero-order valence-corrected chi connectivity index (χ0v) is 84.3. The number of hydrogen-bond donors (Lipinski definition) is 7. The van der Waals surface area contributed by atoms with E-state index in [0.29, 0.717) is 90.3 Å². The second kappa shape index (κ2) is 77.6. The Labute approximate surface area is 810 Å². The molecule has 0 spiro atoms. The van der Waals surface area contributed by atoms with Crippen molar-refractivity contribution in [1.29, 1.82) is 10.7 Å². The number of fused-ring (bicyclic) bond motifs is 4. The molecule has 0 aliphatic heterocycles. The van der Waals surface area contributed by atoms with Gasteiger partial charge in [-0.3, -0.25) is 15.5 Å². The predicted molar refractivity (Wildman–Crippen MR) is 572 cm³/mol. The molecule has 1 saturated carbocycles. The summed E-state index contributed by atoms with van der Waals surface area (Å²) in [6, 6.07) is 95.2. The second-order valence-electron chi connectivity index (χ2n) is 24.6. The average Bonchev–Trinajstić information content (AvgIpc) is 0.784. The molecule has 0 atom stereocenters. The molecule has 23 nitrogen and oxygen atoms in total. The van der Waals surface area contributed by atoms with Crippen LogP contribution in [0.2, 0.25) is 0 Å². The Kier molecular flexibility index (Phi) is 69.7. The quantitative estimate of drug-likeness (QED) is 0.0401. The summed E-state index contributed by atoms with van der Waals surface area (Å²) in [6.45, 7) is 54.5. The summed E-state index contributed by atoms with van der Waals surface area (Å²) in [7, 11) is 0. The van der Waals surface area contributed by atoms with Crippen LogP contribution in [0.15, 0.2) is 344 Å². The van der Waals surface area contributed by atoms with Gasteiger partial charge in [0, 0.05) is 22.7 Å². The topological polar surface area (TPSA) is 342 Å². The van der Waals surface area contributed by atoms with Crippen LogP contribution in [0, 0.1) is 23.3 Å². The molecule has 0 unspecified atom stereocenters. The molecule has 4 aromatic heterocycles. The van der Waals surface area contributed by atoms with Gasteiger partial charge < -0.3 is 39.2 Å². The first kappa shape index (κ1) is 123. The third kappa shape index (κ3) is 42.2. The molecule has 12 aromatic carbocycles. The Bertz CT molecular complexity index is 6330. The molecule has 1 aliphatic carbocycles. The third-order valence-electron chi connectivity index (χ3n) is 17.0. The largest absolute Gasteiger partial charge is 0.519 e. The summed E-state index contributed by atoms with van der Waals surface area (Å²) in [5, 5.41) is 54.6. The lowest BCUT2D eigenvalue weighted by Gasteiger charge is -2.22. The van der Waals surface area contributed by atoms with Crippen LogP contribution in [0.1, 0.15) is 215 Å². The van der Waals surface area contributed by atoms with E-state index in [2.05, 4.69) is 47.6 Å². The highest BCUT2D eigenvalue weighted by Crippen LogP contribution is 2.38. The van der Waals surface area contributed by atoms with Gasteiger partial charge in [-0.25, -0.2) is 43.5 Å². The van der Waals surface area contributed by atoms with E-state index in [1.807, 2.05) is 306 Å². The zero-order chi connectivity index (χ0) is 103. The highest BCUT2D eigenvalue weighted by molar-refractivity contribution is 5.90. The number of amides is 1. The van der Waals surface area contributed by atoms with Crippen LogP contribution >= 0.6 is 0 Å². The number of phenols is 3.